The van der Waals surface area contributed by atoms with Gasteiger partial charge in [0.2, 0.25) is 17.7 Å². The summed E-state index contributed by atoms with van der Waals surface area (Å²) in [6.07, 6.45) is 8.29. The highest BCUT2D eigenvalue weighted by molar-refractivity contribution is 5.94. The molecule has 146 valence electrons. The van der Waals surface area contributed by atoms with Gasteiger partial charge in [0, 0.05) is 44.5 Å². The van der Waals surface area contributed by atoms with Crippen molar-refractivity contribution < 1.29 is 14.4 Å². The molecule has 3 heterocycles. The number of amides is 3. The maximum Gasteiger partial charge on any atom is 0.245 e. The van der Waals surface area contributed by atoms with E-state index in [1.807, 2.05) is 11.1 Å². The normalized spacial score (nSPS) is 23.7. The summed E-state index contributed by atoms with van der Waals surface area (Å²) < 4.78 is 2.13. The third-order valence-corrected chi connectivity index (χ3v) is 5.81. The van der Waals surface area contributed by atoms with E-state index in [1.54, 1.807) is 22.9 Å². The Bertz CT molecular complexity index is 741. The van der Waals surface area contributed by atoms with E-state index in [9.17, 15) is 14.4 Å². The lowest BCUT2D eigenvalue weighted by atomic mass is 10.1. The molecule has 4 rings (SSSR count). The van der Waals surface area contributed by atoms with Crippen molar-refractivity contribution >= 4 is 17.7 Å². The second-order valence-electron chi connectivity index (χ2n) is 7.78. The lowest BCUT2D eigenvalue weighted by Gasteiger charge is -2.38. The summed E-state index contributed by atoms with van der Waals surface area (Å²) in [5.41, 5.74) is 0. The van der Waals surface area contributed by atoms with Gasteiger partial charge < -0.3 is 19.3 Å². The van der Waals surface area contributed by atoms with Crippen molar-refractivity contribution in [1.82, 2.24) is 24.3 Å². The van der Waals surface area contributed by atoms with E-state index in [0.717, 1.165) is 31.6 Å². The van der Waals surface area contributed by atoms with Crippen LogP contribution < -0.4 is 0 Å². The molecule has 8 heteroatoms. The van der Waals surface area contributed by atoms with E-state index in [1.165, 1.54) is 0 Å². The molecule has 0 bridgehead atoms. The highest BCUT2D eigenvalue weighted by Crippen LogP contribution is 2.35. The van der Waals surface area contributed by atoms with Gasteiger partial charge in [0.1, 0.15) is 11.9 Å². The summed E-state index contributed by atoms with van der Waals surface area (Å²) in [6, 6.07) is 0.0159. The number of carbonyl (C=O) groups excluding carboxylic acids is 3. The van der Waals surface area contributed by atoms with Crippen LogP contribution >= 0.6 is 0 Å². The van der Waals surface area contributed by atoms with Crippen molar-refractivity contribution in [3.05, 3.63) is 18.2 Å². The van der Waals surface area contributed by atoms with Crippen molar-refractivity contribution in [2.24, 2.45) is 0 Å². The number of hydrogen-bond donors (Lipinski definition) is 0. The molecule has 2 aliphatic heterocycles. The molecular weight excluding hydrogens is 346 g/mol. The second kappa shape index (κ2) is 7.32. The molecule has 0 N–H and O–H groups in total. The molecule has 3 fully saturated rings. The quantitative estimate of drug-likeness (QED) is 0.708. The Morgan fingerprint density at radius 2 is 1.89 bits per heavy atom. The van der Waals surface area contributed by atoms with Gasteiger partial charge in [-0.2, -0.15) is 0 Å². The SMILES string of the molecule is C[C@H]1C(=O)N(CCCN2CCCC2=O)CC(=O)N1Cc1nccn1C1CC1. The van der Waals surface area contributed by atoms with Crippen molar-refractivity contribution in [3.63, 3.8) is 0 Å². The van der Waals surface area contributed by atoms with E-state index in [2.05, 4.69) is 9.55 Å². The Morgan fingerprint density at radius 1 is 1.11 bits per heavy atom. The Balaban J connectivity index is 1.33. The highest BCUT2D eigenvalue weighted by Gasteiger charge is 2.37. The van der Waals surface area contributed by atoms with Crippen LogP contribution in [0.1, 0.15) is 50.9 Å². The summed E-state index contributed by atoms with van der Waals surface area (Å²) in [6.45, 7) is 4.27. The van der Waals surface area contributed by atoms with Crippen molar-refractivity contribution in [2.75, 3.05) is 26.2 Å². The van der Waals surface area contributed by atoms with Gasteiger partial charge in [0.05, 0.1) is 13.1 Å². The zero-order valence-electron chi connectivity index (χ0n) is 15.8. The van der Waals surface area contributed by atoms with Crippen LogP contribution in [0.2, 0.25) is 0 Å². The summed E-state index contributed by atoms with van der Waals surface area (Å²) in [5, 5.41) is 0. The van der Waals surface area contributed by atoms with Gasteiger partial charge in [0.15, 0.2) is 0 Å². The number of nitrogens with zero attached hydrogens (tertiary/aromatic N) is 5. The lowest BCUT2D eigenvalue weighted by Crippen LogP contribution is -2.58. The van der Waals surface area contributed by atoms with Crippen LogP contribution in [0.3, 0.4) is 0 Å². The van der Waals surface area contributed by atoms with Gasteiger partial charge in [-0.05, 0) is 32.6 Å². The highest BCUT2D eigenvalue weighted by atomic mass is 16.2. The summed E-state index contributed by atoms with van der Waals surface area (Å²) >= 11 is 0. The molecule has 1 aromatic rings. The fraction of sp³-hybridized carbons (Fsp3) is 0.684. The largest absolute Gasteiger partial charge is 0.343 e. The second-order valence-corrected chi connectivity index (χ2v) is 7.78. The minimum atomic E-state index is -0.482. The molecular formula is C19H27N5O3. The third-order valence-electron chi connectivity index (χ3n) is 5.81. The van der Waals surface area contributed by atoms with Gasteiger partial charge in [0.25, 0.3) is 0 Å². The lowest BCUT2D eigenvalue weighted by molar-refractivity contribution is -0.156. The number of carbonyl (C=O) groups is 3. The van der Waals surface area contributed by atoms with Gasteiger partial charge in [-0.1, -0.05) is 0 Å². The fourth-order valence-corrected chi connectivity index (χ4v) is 4.06. The molecule has 1 saturated carbocycles. The zero-order valence-corrected chi connectivity index (χ0v) is 15.8. The Hall–Kier alpha value is -2.38. The topological polar surface area (TPSA) is 78.8 Å². The van der Waals surface area contributed by atoms with Crippen LogP contribution in [-0.2, 0) is 20.9 Å². The van der Waals surface area contributed by atoms with E-state index >= 15 is 0 Å². The Kier molecular flexibility index (Phi) is 4.88. The smallest absolute Gasteiger partial charge is 0.245 e. The summed E-state index contributed by atoms with van der Waals surface area (Å²) in [5.74, 6) is 0.991. The predicted octanol–water partition coefficient (Wildman–Crippen LogP) is 0.790. The standard InChI is InChI=1S/C19H27N5O3/c1-14-19(27)22(10-3-9-21-8-2-4-17(21)25)13-18(26)24(14)12-16-20-7-11-23(16)15-5-6-15/h7,11,14-15H,2-6,8-10,12-13H2,1H3/t14-/m0/s1. The number of likely N-dealkylation sites (tertiary alicyclic amines) is 1. The first-order valence-electron chi connectivity index (χ1n) is 9.92. The molecule has 0 radical (unpaired) electrons. The zero-order chi connectivity index (χ0) is 19.0. The molecule has 8 nitrogen and oxygen atoms in total. The monoisotopic (exact) mass is 373 g/mol. The number of imidazole rings is 1. The number of piperazine rings is 1. The van der Waals surface area contributed by atoms with Crippen LogP contribution in [0, 0.1) is 0 Å². The first-order chi connectivity index (χ1) is 13.0. The van der Waals surface area contributed by atoms with E-state index < -0.39 is 6.04 Å². The number of hydrogen-bond acceptors (Lipinski definition) is 4. The molecule has 1 aromatic heterocycles. The number of aromatic nitrogens is 2. The van der Waals surface area contributed by atoms with E-state index in [0.29, 0.717) is 38.5 Å². The molecule has 3 amide bonds. The third kappa shape index (κ3) is 3.70. The summed E-state index contributed by atoms with van der Waals surface area (Å²) in [7, 11) is 0. The first kappa shape index (κ1) is 18.0. The molecule has 0 aromatic carbocycles. The fourth-order valence-electron chi connectivity index (χ4n) is 4.06. The molecule has 0 spiro atoms. The molecule has 1 atom stereocenters. The molecule has 1 aliphatic carbocycles. The minimum Gasteiger partial charge on any atom is -0.343 e. The van der Waals surface area contributed by atoms with Crippen LogP contribution in [0.4, 0.5) is 0 Å². The van der Waals surface area contributed by atoms with Gasteiger partial charge >= 0.3 is 0 Å². The maximum atomic E-state index is 12.8. The molecule has 0 unspecified atom stereocenters. The van der Waals surface area contributed by atoms with Crippen molar-refractivity contribution in [3.8, 4) is 0 Å². The predicted molar refractivity (Wildman–Crippen MR) is 97.5 cm³/mol. The average Bonchev–Trinajstić information content (AvgIpc) is 3.25. The van der Waals surface area contributed by atoms with E-state index in [4.69, 9.17) is 0 Å². The van der Waals surface area contributed by atoms with Crippen LogP contribution in [0.5, 0.6) is 0 Å². The van der Waals surface area contributed by atoms with Gasteiger partial charge in [-0.25, -0.2) is 4.98 Å². The van der Waals surface area contributed by atoms with Crippen LogP contribution in [-0.4, -0.2) is 74.2 Å². The maximum absolute atomic E-state index is 12.8. The molecule has 27 heavy (non-hydrogen) atoms. The minimum absolute atomic E-state index is 0.0214. The van der Waals surface area contributed by atoms with E-state index in [-0.39, 0.29) is 24.3 Å². The van der Waals surface area contributed by atoms with Crippen LogP contribution in [0.25, 0.3) is 0 Å². The average molecular weight is 373 g/mol. The Morgan fingerprint density at radius 3 is 2.59 bits per heavy atom. The summed E-state index contributed by atoms with van der Waals surface area (Å²) in [4.78, 5) is 46.6. The molecule has 2 saturated heterocycles. The van der Waals surface area contributed by atoms with Gasteiger partial charge in [-0.15, -0.1) is 0 Å². The van der Waals surface area contributed by atoms with Gasteiger partial charge in [-0.3, -0.25) is 14.4 Å². The first-order valence-corrected chi connectivity index (χ1v) is 9.92. The molecule has 3 aliphatic rings. The van der Waals surface area contributed by atoms with Crippen LogP contribution in [0.15, 0.2) is 12.4 Å². The Labute approximate surface area is 159 Å². The van der Waals surface area contributed by atoms with Crippen molar-refractivity contribution in [1.29, 1.82) is 0 Å². The van der Waals surface area contributed by atoms with Crippen molar-refractivity contribution in [2.45, 2.75) is 57.7 Å². The number of rotatable bonds is 7.